The highest BCUT2D eigenvalue weighted by Crippen LogP contribution is 2.16. The minimum atomic E-state index is -0.577. The van der Waals surface area contributed by atoms with Gasteiger partial charge in [0, 0.05) is 12.7 Å². The van der Waals surface area contributed by atoms with E-state index in [1.165, 1.54) is 11.1 Å². The van der Waals surface area contributed by atoms with Crippen molar-refractivity contribution >= 4 is 11.8 Å². The Morgan fingerprint density at radius 3 is 2.25 bits per heavy atom. The molecule has 0 atom stereocenters. The van der Waals surface area contributed by atoms with Crippen LogP contribution in [0.4, 0.5) is 0 Å². The highest BCUT2D eigenvalue weighted by Gasteiger charge is 2.19. The molecule has 0 unspecified atom stereocenters. The number of hydrogen-bond acceptors (Lipinski definition) is 4. The molecule has 0 aliphatic rings. The first-order valence-corrected chi connectivity index (χ1v) is 8.86. The third-order valence-corrected chi connectivity index (χ3v) is 4.06. The number of carbonyl (C=O) groups excluding carboxylic acids is 2. The van der Waals surface area contributed by atoms with Crippen LogP contribution >= 0.6 is 0 Å². The molecular formula is C22H21N3O3. The van der Waals surface area contributed by atoms with Crippen molar-refractivity contribution in [1.29, 1.82) is 0 Å². The van der Waals surface area contributed by atoms with E-state index in [0.29, 0.717) is 6.61 Å². The summed E-state index contributed by atoms with van der Waals surface area (Å²) in [5.41, 5.74) is 7.52. The Hall–Kier alpha value is -3.67. The first-order chi connectivity index (χ1) is 13.6. The van der Waals surface area contributed by atoms with E-state index in [-0.39, 0.29) is 24.7 Å². The second kappa shape index (κ2) is 9.32. The van der Waals surface area contributed by atoms with Gasteiger partial charge in [0.1, 0.15) is 24.6 Å². The average Bonchev–Trinajstić information content (AvgIpc) is 2.73. The number of ether oxygens (including phenoxy) is 1. The maximum absolute atomic E-state index is 12.6. The summed E-state index contributed by atoms with van der Waals surface area (Å²) in [5.74, 6) is -0.194. The number of aromatic nitrogens is 1. The van der Waals surface area contributed by atoms with E-state index in [2.05, 4.69) is 4.98 Å². The number of benzene rings is 2. The minimum absolute atomic E-state index is 0.179. The molecule has 142 valence electrons. The van der Waals surface area contributed by atoms with E-state index in [1.807, 2.05) is 54.6 Å². The van der Waals surface area contributed by atoms with E-state index in [0.717, 1.165) is 16.9 Å². The van der Waals surface area contributed by atoms with Crippen molar-refractivity contribution in [3.8, 4) is 5.75 Å². The first-order valence-electron chi connectivity index (χ1n) is 8.86. The lowest BCUT2D eigenvalue weighted by Gasteiger charge is -2.21. The van der Waals surface area contributed by atoms with Crippen molar-refractivity contribution in [2.75, 3.05) is 6.54 Å². The predicted molar refractivity (Wildman–Crippen MR) is 105 cm³/mol. The zero-order valence-electron chi connectivity index (χ0n) is 15.3. The minimum Gasteiger partial charge on any atom is -0.489 e. The second-order valence-electron chi connectivity index (χ2n) is 6.26. The summed E-state index contributed by atoms with van der Waals surface area (Å²) in [6, 6.07) is 22.3. The van der Waals surface area contributed by atoms with Crippen molar-refractivity contribution in [2.45, 2.75) is 13.2 Å². The van der Waals surface area contributed by atoms with Gasteiger partial charge < -0.3 is 15.4 Å². The van der Waals surface area contributed by atoms with Crippen LogP contribution in [-0.2, 0) is 17.9 Å². The van der Waals surface area contributed by atoms with Crippen LogP contribution in [0.1, 0.15) is 21.6 Å². The SMILES string of the molecule is NC(=O)CN(Cc1ccc(OCc2ccccc2)cc1)C(=O)c1ccccn1. The van der Waals surface area contributed by atoms with Crippen LogP contribution in [0.2, 0.25) is 0 Å². The fourth-order valence-corrected chi connectivity index (χ4v) is 2.69. The number of nitrogens with two attached hydrogens (primary N) is 1. The Kier molecular flexibility index (Phi) is 6.36. The molecule has 2 N–H and O–H groups in total. The van der Waals surface area contributed by atoms with Crippen LogP contribution in [0.25, 0.3) is 0 Å². The molecule has 0 radical (unpaired) electrons. The van der Waals surface area contributed by atoms with Gasteiger partial charge in [0.25, 0.3) is 5.91 Å². The molecule has 0 fully saturated rings. The van der Waals surface area contributed by atoms with E-state index in [4.69, 9.17) is 10.5 Å². The summed E-state index contributed by atoms with van der Waals surface area (Å²) in [5, 5.41) is 0. The van der Waals surface area contributed by atoms with Crippen molar-refractivity contribution in [1.82, 2.24) is 9.88 Å². The van der Waals surface area contributed by atoms with Crippen molar-refractivity contribution in [3.05, 3.63) is 95.8 Å². The van der Waals surface area contributed by atoms with Gasteiger partial charge in [-0.1, -0.05) is 48.5 Å². The van der Waals surface area contributed by atoms with Gasteiger partial charge in [-0.3, -0.25) is 14.6 Å². The molecule has 0 saturated heterocycles. The van der Waals surface area contributed by atoms with Crippen LogP contribution in [0.5, 0.6) is 5.75 Å². The highest BCUT2D eigenvalue weighted by molar-refractivity contribution is 5.94. The molecule has 0 bridgehead atoms. The van der Waals surface area contributed by atoms with Crippen LogP contribution in [-0.4, -0.2) is 28.2 Å². The predicted octanol–water partition coefficient (Wildman–Crippen LogP) is 2.79. The fourth-order valence-electron chi connectivity index (χ4n) is 2.69. The average molecular weight is 375 g/mol. The number of carbonyl (C=O) groups is 2. The van der Waals surface area contributed by atoms with Gasteiger partial charge in [-0.25, -0.2) is 0 Å². The van der Waals surface area contributed by atoms with E-state index < -0.39 is 5.91 Å². The summed E-state index contributed by atoms with van der Waals surface area (Å²) >= 11 is 0. The smallest absolute Gasteiger partial charge is 0.273 e. The van der Waals surface area contributed by atoms with Gasteiger partial charge in [-0.15, -0.1) is 0 Å². The topological polar surface area (TPSA) is 85.5 Å². The van der Waals surface area contributed by atoms with Gasteiger partial charge in [0.05, 0.1) is 0 Å². The normalized spacial score (nSPS) is 10.3. The summed E-state index contributed by atoms with van der Waals surface area (Å²) in [4.78, 5) is 29.5. The van der Waals surface area contributed by atoms with Gasteiger partial charge >= 0.3 is 0 Å². The Morgan fingerprint density at radius 2 is 1.61 bits per heavy atom. The van der Waals surface area contributed by atoms with Crippen LogP contribution < -0.4 is 10.5 Å². The molecule has 0 aliphatic heterocycles. The molecule has 6 heteroatoms. The summed E-state index contributed by atoms with van der Waals surface area (Å²) < 4.78 is 5.77. The Morgan fingerprint density at radius 1 is 0.893 bits per heavy atom. The number of nitrogens with zero attached hydrogens (tertiary/aromatic N) is 2. The number of rotatable bonds is 8. The molecule has 6 nitrogen and oxygen atoms in total. The lowest BCUT2D eigenvalue weighted by Crippen LogP contribution is -2.38. The van der Waals surface area contributed by atoms with Crippen molar-refractivity contribution in [3.63, 3.8) is 0 Å². The third-order valence-electron chi connectivity index (χ3n) is 4.06. The number of primary amides is 1. The Labute approximate surface area is 163 Å². The Bertz CT molecular complexity index is 913. The Balaban J connectivity index is 1.65. The molecule has 0 aliphatic carbocycles. The standard InChI is InChI=1S/C22H21N3O3/c23-21(26)15-25(22(27)20-8-4-5-13-24-20)14-17-9-11-19(12-10-17)28-16-18-6-2-1-3-7-18/h1-13H,14-16H2,(H2,23,26). The summed E-state index contributed by atoms with van der Waals surface area (Å²) in [6.45, 7) is 0.547. The number of pyridine rings is 1. The second-order valence-corrected chi connectivity index (χ2v) is 6.26. The van der Waals surface area contributed by atoms with Gasteiger partial charge in [0.15, 0.2) is 0 Å². The fraction of sp³-hybridized carbons (Fsp3) is 0.136. The quantitative estimate of drug-likeness (QED) is 0.656. The monoisotopic (exact) mass is 375 g/mol. The zero-order chi connectivity index (χ0) is 19.8. The maximum Gasteiger partial charge on any atom is 0.273 e. The van der Waals surface area contributed by atoms with Crippen LogP contribution in [0, 0.1) is 0 Å². The van der Waals surface area contributed by atoms with Crippen LogP contribution in [0.3, 0.4) is 0 Å². The summed E-state index contributed by atoms with van der Waals surface area (Å²) in [7, 11) is 0. The molecule has 1 heterocycles. The van der Waals surface area contributed by atoms with Crippen LogP contribution in [0.15, 0.2) is 79.0 Å². The number of amides is 2. The molecular weight excluding hydrogens is 354 g/mol. The van der Waals surface area contributed by atoms with E-state index in [1.54, 1.807) is 18.2 Å². The third kappa shape index (κ3) is 5.41. The maximum atomic E-state index is 12.6. The molecule has 1 aromatic heterocycles. The lowest BCUT2D eigenvalue weighted by molar-refractivity contribution is -0.118. The molecule has 3 aromatic rings. The van der Waals surface area contributed by atoms with Gasteiger partial charge in [-0.05, 0) is 35.4 Å². The van der Waals surface area contributed by atoms with E-state index >= 15 is 0 Å². The lowest BCUT2D eigenvalue weighted by atomic mass is 10.2. The van der Waals surface area contributed by atoms with Gasteiger partial charge in [0.2, 0.25) is 5.91 Å². The molecule has 2 amide bonds. The van der Waals surface area contributed by atoms with Crippen molar-refractivity contribution < 1.29 is 14.3 Å². The van der Waals surface area contributed by atoms with Gasteiger partial charge in [-0.2, -0.15) is 0 Å². The summed E-state index contributed by atoms with van der Waals surface area (Å²) in [6.07, 6.45) is 1.54. The molecule has 2 aromatic carbocycles. The molecule has 0 saturated carbocycles. The van der Waals surface area contributed by atoms with E-state index in [9.17, 15) is 9.59 Å². The first kappa shape index (κ1) is 19.1. The molecule has 3 rings (SSSR count). The molecule has 28 heavy (non-hydrogen) atoms. The number of hydrogen-bond donors (Lipinski definition) is 1. The zero-order valence-corrected chi connectivity index (χ0v) is 15.3. The van der Waals surface area contributed by atoms with Crippen molar-refractivity contribution in [2.24, 2.45) is 5.73 Å². The largest absolute Gasteiger partial charge is 0.489 e. The highest BCUT2D eigenvalue weighted by atomic mass is 16.5. The molecule has 0 spiro atoms.